The van der Waals surface area contributed by atoms with Gasteiger partial charge in [0.25, 0.3) is 0 Å². The van der Waals surface area contributed by atoms with Gasteiger partial charge in [0.1, 0.15) is 12.9 Å². The summed E-state index contributed by atoms with van der Waals surface area (Å²) in [6.07, 6.45) is 1.35. The Hall–Kier alpha value is -2.52. The number of carbonyl (C=O) groups is 3. The van der Waals surface area contributed by atoms with Crippen LogP contribution in [0.3, 0.4) is 0 Å². The number of nitrogens with one attached hydrogen (secondary N) is 1. The summed E-state index contributed by atoms with van der Waals surface area (Å²) in [5.74, 6) is -0.391. The molecular weight excluding hydrogens is 254 g/mol. The first-order chi connectivity index (χ1) is 9.15. The summed E-state index contributed by atoms with van der Waals surface area (Å²) in [7, 11) is 0. The average Bonchev–Trinajstić information content (AvgIpc) is 2.91. The van der Waals surface area contributed by atoms with Crippen LogP contribution < -0.4 is 5.32 Å². The van der Waals surface area contributed by atoms with E-state index in [4.69, 9.17) is 0 Å². The van der Waals surface area contributed by atoms with E-state index in [1.807, 2.05) is 0 Å². The Bertz CT molecular complexity index is 506. The molecule has 4 amide bonds. The van der Waals surface area contributed by atoms with Crippen LogP contribution in [0.4, 0.5) is 4.79 Å². The van der Waals surface area contributed by atoms with Crippen molar-refractivity contribution in [3.63, 3.8) is 0 Å². The second-order valence-corrected chi connectivity index (χ2v) is 4.38. The zero-order chi connectivity index (χ0) is 13.4. The molecule has 0 unspecified atom stereocenters. The van der Waals surface area contributed by atoms with Crippen molar-refractivity contribution in [2.45, 2.75) is 12.6 Å². The number of carbonyl (C=O) groups excluding carboxylic acids is 3. The molecule has 0 aliphatic carbocycles. The van der Waals surface area contributed by atoms with Crippen LogP contribution in [0.25, 0.3) is 0 Å². The first-order valence-corrected chi connectivity index (χ1v) is 5.73. The molecule has 2 aliphatic rings. The van der Waals surface area contributed by atoms with Crippen molar-refractivity contribution >= 4 is 17.8 Å². The molecule has 2 aliphatic heterocycles. The van der Waals surface area contributed by atoms with Crippen molar-refractivity contribution in [3.8, 4) is 0 Å². The number of hydrogen-bond acceptors (Lipinski definition) is 6. The number of amides is 4. The summed E-state index contributed by atoms with van der Waals surface area (Å²) in [4.78, 5) is 37.4. The predicted octanol–water partition coefficient (Wildman–Crippen LogP) is -2.56. The summed E-state index contributed by atoms with van der Waals surface area (Å²) in [6, 6.07) is -0.615. The van der Waals surface area contributed by atoms with Gasteiger partial charge in [-0.3, -0.25) is 14.5 Å². The van der Waals surface area contributed by atoms with Crippen LogP contribution in [0.5, 0.6) is 0 Å². The standard InChI is InChI=1S/C9H11N7O3/c17-7-1-10-9(19)16(7)6-2-14(3-6)8(18)4-15-5-11-12-13-15/h5-6H,1-4H2,(H,10,19). The number of imide groups is 1. The highest BCUT2D eigenvalue weighted by Gasteiger charge is 2.42. The topological polar surface area (TPSA) is 113 Å². The maximum absolute atomic E-state index is 11.8. The second-order valence-electron chi connectivity index (χ2n) is 4.38. The first kappa shape index (κ1) is 11.6. The Morgan fingerprint density at radius 2 is 2.21 bits per heavy atom. The lowest BCUT2D eigenvalue weighted by atomic mass is 10.1. The Kier molecular flexibility index (Phi) is 2.62. The van der Waals surface area contributed by atoms with Crippen LogP contribution in [0.2, 0.25) is 0 Å². The van der Waals surface area contributed by atoms with Crippen molar-refractivity contribution in [1.82, 2.24) is 35.3 Å². The van der Waals surface area contributed by atoms with Gasteiger partial charge in [-0.1, -0.05) is 0 Å². The van der Waals surface area contributed by atoms with Crippen LogP contribution in [0.1, 0.15) is 0 Å². The van der Waals surface area contributed by atoms with E-state index >= 15 is 0 Å². The predicted molar refractivity (Wildman–Crippen MR) is 58.4 cm³/mol. The van der Waals surface area contributed by atoms with Gasteiger partial charge in [-0.05, 0) is 10.4 Å². The Balaban J connectivity index is 1.54. The summed E-state index contributed by atoms with van der Waals surface area (Å²) in [6.45, 7) is 0.813. The lowest BCUT2D eigenvalue weighted by molar-refractivity contribution is -0.142. The van der Waals surface area contributed by atoms with Gasteiger partial charge in [0.2, 0.25) is 11.8 Å². The minimum atomic E-state index is -0.387. The Labute approximate surface area is 107 Å². The van der Waals surface area contributed by atoms with Gasteiger partial charge in [-0.15, -0.1) is 5.10 Å². The molecule has 0 saturated carbocycles. The number of aromatic nitrogens is 4. The smallest absolute Gasteiger partial charge is 0.324 e. The van der Waals surface area contributed by atoms with Crippen molar-refractivity contribution < 1.29 is 14.4 Å². The van der Waals surface area contributed by atoms with E-state index < -0.39 is 0 Å². The maximum Gasteiger partial charge on any atom is 0.324 e. The number of hydrogen-bond donors (Lipinski definition) is 1. The fourth-order valence-corrected chi connectivity index (χ4v) is 2.12. The first-order valence-electron chi connectivity index (χ1n) is 5.73. The molecule has 0 spiro atoms. The Morgan fingerprint density at radius 3 is 2.79 bits per heavy atom. The molecule has 0 atom stereocenters. The second kappa shape index (κ2) is 4.30. The minimum Gasteiger partial charge on any atom is -0.337 e. The summed E-state index contributed by atoms with van der Waals surface area (Å²) < 4.78 is 1.32. The van der Waals surface area contributed by atoms with E-state index in [1.54, 1.807) is 4.90 Å². The van der Waals surface area contributed by atoms with Crippen molar-refractivity contribution in [1.29, 1.82) is 0 Å². The van der Waals surface area contributed by atoms with Crippen LogP contribution in [-0.4, -0.2) is 73.5 Å². The molecule has 19 heavy (non-hydrogen) atoms. The SMILES string of the molecule is O=C(Cn1cnnn1)N1CC(N2C(=O)CNC2=O)C1. The lowest BCUT2D eigenvalue weighted by Crippen LogP contribution is -2.63. The monoisotopic (exact) mass is 265 g/mol. The van der Waals surface area contributed by atoms with E-state index in [-0.39, 0.29) is 37.0 Å². The van der Waals surface area contributed by atoms with Crippen molar-refractivity contribution in [2.75, 3.05) is 19.6 Å². The van der Waals surface area contributed by atoms with Crippen LogP contribution >= 0.6 is 0 Å². The summed E-state index contributed by atoms with van der Waals surface area (Å²) in [5, 5.41) is 12.9. The molecule has 10 nitrogen and oxygen atoms in total. The highest BCUT2D eigenvalue weighted by atomic mass is 16.2. The third-order valence-corrected chi connectivity index (χ3v) is 3.15. The summed E-state index contributed by atoms with van der Waals surface area (Å²) >= 11 is 0. The van der Waals surface area contributed by atoms with Gasteiger partial charge >= 0.3 is 6.03 Å². The number of tetrazole rings is 1. The zero-order valence-electron chi connectivity index (χ0n) is 9.89. The molecule has 0 aromatic carbocycles. The molecule has 100 valence electrons. The van der Waals surface area contributed by atoms with Gasteiger partial charge < -0.3 is 10.2 Å². The fraction of sp³-hybridized carbons (Fsp3) is 0.556. The number of nitrogens with zero attached hydrogens (tertiary/aromatic N) is 6. The molecule has 1 N–H and O–H groups in total. The molecule has 2 saturated heterocycles. The minimum absolute atomic E-state index is 0.0356. The molecule has 1 aromatic rings. The van der Waals surface area contributed by atoms with E-state index in [2.05, 4.69) is 20.8 Å². The van der Waals surface area contributed by atoms with Crippen molar-refractivity contribution in [2.24, 2.45) is 0 Å². The highest BCUT2D eigenvalue weighted by molar-refractivity contribution is 6.02. The molecule has 0 bridgehead atoms. The number of urea groups is 1. The molecule has 1 aromatic heterocycles. The third-order valence-electron chi connectivity index (χ3n) is 3.15. The van der Waals surface area contributed by atoms with Crippen LogP contribution in [-0.2, 0) is 16.1 Å². The van der Waals surface area contributed by atoms with E-state index in [0.29, 0.717) is 13.1 Å². The number of likely N-dealkylation sites (tertiary alicyclic amines) is 1. The average molecular weight is 265 g/mol. The molecule has 10 heteroatoms. The molecule has 3 heterocycles. The Morgan fingerprint density at radius 1 is 1.42 bits per heavy atom. The third kappa shape index (κ3) is 2.00. The normalized spacial score (nSPS) is 19.6. The maximum atomic E-state index is 11.8. The van der Waals surface area contributed by atoms with Gasteiger partial charge in [0.05, 0.1) is 12.6 Å². The van der Waals surface area contributed by atoms with Gasteiger partial charge in [-0.25, -0.2) is 9.48 Å². The van der Waals surface area contributed by atoms with Gasteiger partial charge in [0.15, 0.2) is 0 Å². The molecule has 2 fully saturated rings. The van der Waals surface area contributed by atoms with E-state index in [1.165, 1.54) is 15.9 Å². The van der Waals surface area contributed by atoms with Crippen LogP contribution in [0.15, 0.2) is 6.33 Å². The molecule has 3 rings (SSSR count). The number of rotatable bonds is 3. The van der Waals surface area contributed by atoms with Gasteiger partial charge in [0, 0.05) is 13.1 Å². The fourth-order valence-electron chi connectivity index (χ4n) is 2.12. The quantitative estimate of drug-likeness (QED) is 0.601. The van der Waals surface area contributed by atoms with E-state index in [9.17, 15) is 14.4 Å². The highest BCUT2D eigenvalue weighted by Crippen LogP contribution is 2.17. The largest absolute Gasteiger partial charge is 0.337 e. The van der Waals surface area contributed by atoms with E-state index in [0.717, 1.165) is 0 Å². The molecular formula is C9H11N7O3. The molecule has 0 radical (unpaired) electrons. The lowest BCUT2D eigenvalue weighted by Gasteiger charge is -2.42. The summed E-state index contributed by atoms with van der Waals surface area (Å²) in [5.41, 5.74) is 0. The van der Waals surface area contributed by atoms with Gasteiger partial charge in [-0.2, -0.15) is 0 Å². The van der Waals surface area contributed by atoms with Crippen molar-refractivity contribution in [3.05, 3.63) is 6.33 Å². The van der Waals surface area contributed by atoms with Crippen LogP contribution in [0, 0.1) is 0 Å². The zero-order valence-corrected chi connectivity index (χ0v) is 9.89.